The van der Waals surface area contributed by atoms with Gasteiger partial charge in [-0.1, -0.05) is 11.6 Å². The summed E-state index contributed by atoms with van der Waals surface area (Å²) in [6.07, 6.45) is 2.86. The third-order valence-corrected chi connectivity index (χ3v) is 3.64. The van der Waals surface area contributed by atoms with Gasteiger partial charge in [-0.25, -0.2) is 0 Å². The second kappa shape index (κ2) is 5.59. The summed E-state index contributed by atoms with van der Waals surface area (Å²) in [5, 5.41) is 9.69. The average Bonchev–Trinajstić information content (AvgIpc) is 2.38. The number of halogens is 1. The second-order valence-corrected chi connectivity index (χ2v) is 4.98. The Balaban J connectivity index is 2.24. The highest BCUT2D eigenvalue weighted by molar-refractivity contribution is 6.34. The van der Waals surface area contributed by atoms with Crippen LogP contribution in [0.3, 0.4) is 0 Å². The zero-order valence-corrected chi connectivity index (χ0v) is 10.9. The number of aliphatic hydroxyl groups is 1. The number of amides is 1. The molecule has 1 aliphatic rings. The molecule has 4 nitrogen and oxygen atoms in total. The molecule has 1 amide bonds. The lowest BCUT2D eigenvalue weighted by molar-refractivity contribution is 0.0503. The van der Waals surface area contributed by atoms with Crippen molar-refractivity contribution in [2.75, 3.05) is 18.9 Å². The molecule has 1 aliphatic heterocycles. The fourth-order valence-corrected chi connectivity index (χ4v) is 2.59. The van der Waals surface area contributed by atoms with E-state index in [4.69, 9.17) is 17.3 Å². The van der Waals surface area contributed by atoms with Crippen LogP contribution < -0.4 is 5.73 Å². The molecule has 18 heavy (non-hydrogen) atoms. The minimum absolute atomic E-state index is 0.00166. The summed E-state index contributed by atoms with van der Waals surface area (Å²) in [4.78, 5) is 14.1. The van der Waals surface area contributed by atoms with Crippen molar-refractivity contribution in [3.8, 4) is 0 Å². The first-order valence-corrected chi connectivity index (χ1v) is 6.48. The number of hydrogen-bond donors (Lipinski definition) is 2. The molecule has 0 aliphatic carbocycles. The summed E-state index contributed by atoms with van der Waals surface area (Å²) in [6.45, 7) is 0.670. The Bertz CT molecular complexity index is 451. The number of piperidine rings is 1. The quantitative estimate of drug-likeness (QED) is 0.805. The zero-order valence-electron chi connectivity index (χ0n) is 10.1. The minimum atomic E-state index is -0.126. The van der Waals surface area contributed by atoms with Gasteiger partial charge in [0.1, 0.15) is 0 Å². The van der Waals surface area contributed by atoms with E-state index in [1.54, 1.807) is 23.1 Å². The number of nitrogens with zero attached hydrogens (tertiary/aromatic N) is 1. The summed E-state index contributed by atoms with van der Waals surface area (Å²) in [6, 6.07) is 4.78. The van der Waals surface area contributed by atoms with E-state index in [-0.39, 0.29) is 18.6 Å². The fourth-order valence-electron chi connectivity index (χ4n) is 2.32. The normalized spacial score (nSPS) is 19.9. The van der Waals surface area contributed by atoms with E-state index in [1.807, 2.05) is 0 Å². The van der Waals surface area contributed by atoms with Crippen molar-refractivity contribution in [2.45, 2.75) is 25.3 Å². The van der Waals surface area contributed by atoms with Gasteiger partial charge in [-0.3, -0.25) is 4.79 Å². The van der Waals surface area contributed by atoms with Crippen molar-refractivity contribution in [3.63, 3.8) is 0 Å². The SMILES string of the molecule is Nc1ccc(C(=O)N2CCCCC2CO)c(Cl)c1. The number of nitrogen functional groups attached to an aromatic ring is 1. The Hall–Kier alpha value is -1.26. The van der Waals surface area contributed by atoms with Crippen molar-refractivity contribution in [2.24, 2.45) is 0 Å². The Labute approximate surface area is 111 Å². The molecule has 0 bridgehead atoms. The lowest BCUT2D eigenvalue weighted by Crippen LogP contribution is -2.45. The molecule has 1 aromatic rings. The van der Waals surface area contributed by atoms with E-state index in [2.05, 4.69) is 0 Å². The van der Waals surface area contributed by atoms with Gasteiger partial charge in [0.2, 0.25) is 0 Å². The average molecular weight is 269 g/mol. The number of likely N-dealkylation sites (tertiary alicyclic amines) is 1. The second-order valence-electron chi connectivity index (χ2n) is 4.57. The van der Waals surface area contributed by atoms with Crippen LogP contribution in [0.25, 0.3) is 0 Å². The van der Waals surface area contributed by atoms with Gasteiger partial charge in [-0.05, 0) is 37.5 Å². The highest BCUT2D eigenvalue weighted by Crippen LogP contribution is 2.24. The summed E-state index contributed by atoms with van der Waals surface area (Å²) >= 11 is 6.04. The first-order valence-electron chi connectivity index (χ1n) is 6.10. The zero-order chi connectivity index (χ0) is 13.1. The standard InChI is InChI=1S/C13H17ClN2O2/c14-12-7-9(15)4-5-11(12)13(18)16-6-2-1-3-10(16)8-17/h4-5,7,10,17H,1-3,6,8,15H2. The van der Waals surface area contributed by atoms with E-state index in [0.717, 1.165) is 19.3 Å². The molecule has 0 saturated carbocycles. The van der Waals surface area contributed by atoms with E-state index in [9.17, 15) is 9.90 Å². The molecule has 1 unspecified atom stereocenters. The minimum Gasteiger partial charge on any atom is -0.399 e. The first kappa shape index (κ1) is 13.2. The van der Waals surface area contributed by atoms with Crippen molar-refractivity contribution in [1.29, 1.82) is 0 Å². The van der Waals surface area contributed by atoms with Crippen LogP contribution in [0.4, 0.5) is 5.69 Å². The molecular formula is C13H17ClN2O2. The van der Waals surface area contributed by atoms with Crippen molar-refractivity contribution in [3.05, 3.63) is 28.8 Å². The lowest BCUT2D eigenvalue weighted by atomic mass is 10.0. The van der Waals surface area contributed by atoms with Crippen LogP contribution in [0.15, 0.2) is 18.2 Å². The van der Waals surface area contributed by atoms with Gasteiger partial charge in [0, 0.05) is 12.2 Å². The summed E-state index contributed by atoms with van der Waals surface area (Å²) in [7, 11) is 0. The maximum Gasteiger partial charge on any atom is 0.255 e. The maximum atomic E-state index is 12.4. The van der Waals surface area contributed by atoms with Crippen LogP contribution in [0.2, 0.25) is 5.02 Å². The molecule has 0 spiro atoms. The van der Waals surface area contributed by atoms with Crippen LogP contribution in [0, 0.1) is 0 Å². The van der Waals surface area contributed by atoms with Gasteiger partial charge in [0.05, 0.1) is 23.2 Å². The number of carbonyl (C=O) groups is 1. The Morgan fingerprint density at radius 2 is 2.28 bits per heavy atom. The highest BCUT2D eigenvalue weighted by Gasteiger charge is 2.27. The number of hydrogen-bond acceptors (Lipinski definition) is 3. The smallest absolute Gasteiger partial charge is 0.255 e. The number of carbonyl (C=O) groups excluding carboxylic acids is 1. The monoisotopic (exact) mass is 268 g/mol. The Morgan fingerprint density at radius 1 is 1.50 bits per heavy atom. The van der Waals surface area contributed by atoms with E-state index in [0.29, 0.717) is 22.8 Å². The van der Waals surface area contributed by atoms with Crippen LogP contribution in [-0.2, 0) is 0 Å². The van der Waals surface area contributed by atoms with Gasteiger partial charge < -0.3 is 15.7 Å². The van der Waals surface area contributed by atoms with Gasteiger partial charge in [-0.15, -0.1) is 0 Å². The molecule has 3 N–H and O–H groups in total. The van der Waals surface area contributed by atoms with Crippen molar-refractivity contribution in [1.82, 2.24) is 4.90 Å². The topological polar surface area (TPSA) is 66.6 Å². The van der Waals surface area contributed by atoms with E-state index >= 15 is 0 Å². The molecule has 0 radical (unpaired) electrons. The first-order chi connectivity index (χ1) is 8.63. The highest BCUT2D eigenvalue weighted by atomic mass is 35.5. The molecule has 1 saturated heterocycles. The number of aliphatic hydroxyl groups excluding tert-OH is 1. The molecule has 2 rings (SSSR count). The Kier molecular flexibility index (Phi) is 4.09. The number of rotatable bonds is 2. The largest absolute Gasteiger partial charge is 0.399 e. The Morgan fingerprint density at radius 3 is 2.94 bits per heavy atom. The summed E-state index contributed by atoms with van der Waals surface area (Å²) < 4.78 is 0. The third kappa shape index (κ3) is 2.60. The predicted molar refractivity (Wildman–Crippen MR) is 71.6 cm³/mol. The molecule has 1 fully saturated rings. The van der Waals surface area contributed by atoms with Crippen molar-refractivity contribution < 1.29 is 9.90 Å². The van der Waals surface area contributed by atoms with Gasteiger partial charge in [0.25, 0.3) is 5.91 Å². The van der Waals surface area contributed by atoms with E-state index in [1.165, 1.54) is 0 Å². The van der Waals surface area contributed by atoms with Gasteiger partial charge >= 0.3 is 0 Å². The summed E-state index contributed by atoms with van der Waals surface area (Å²) in [5.74, 6) is -0.126. The molecule has 1 aromatic carbocycles. The molecule has 0 aromatic heterocycles. The van der Waals surface area contributed by atoms with Crippen LogP contribution in [-0.4, -0.2) is 35.1 Å². The van der Waals surface area contributed by atoms with Gasteiger partial charge in [-0.2, -0.15) is 0 Å². The lowest BCUT2D eigenvalue weighted by Gasteiger charge is -2.34. The van der Waals surface area contributed by atoms with Gasteiger partial charge in [0.15, 0.2) is 0 Å². The fraction of sp³-hybridized carbons (Fsp3) is 0.462. The molecule has 98 valence electrons. The molecule has 5 heteroatoms. The number of benzene rings is 1. The van der Waals surface area contributed by atoms with Crippen LogP contribution in [0.1, 0.15) is 29.6 Å². The van der Waals surface area contributed by atoms with Crippen LogP contribution >= 0.6 is 11.6 Å². The number of anilines is 1. The predicted octanol–water partition coefficient (Wildman–Crippen LogP) is 1.91. The maximum absolute atomic E-state index is 12.4. The van der Waals surface area contributed by atoms with Crippen molar-refractivity contribution >= 4 is 23.2 Å². The number of nitrogens with two attached hydrogens (primary N) is 1. The van der Waals surface area contributed by atoms with Crippen LogP contribution in [0.5, 0.6) is 0 Å². The molecular weight excluding hydrogens is 252 g/mol. The molecule has 1 heterocycles. The molecule has 1 atom stereocenters. The third-order valence-electron chi connectivity index (χ3n) is 3.32. The summed E-state index contributed by atoms with van der Waals surface area (Å²) in [5.41, 5.74) is 6.60. The van der Waals surface area contributed by atoms with E-state index < -0.39 is 0 Å².